The maximum atomic E-state index is 9.01. The number of aryl methyl sites for hydroxylation is 5. The molecule has 0 radical (unpaired) electrons. The molecule has 0 aliphatic heterocycles. The third-order valence-electron chi connectivity index (χ3n) is 6.00. The van der Waals surface area contributed by atoms with Crippen molar-refractivity contribution in [3.05, 3.63) is 124 Å². The zero-order chi connectivity index (χ0) is 31.0. The molecule has 0 saturated heterocycles. The molecule has 5 aromatic rings. The summed E-state index contributed by atoms with van der Waals surface area (Å²) in [7, 11) is 0. The van der Waals surface area contributed by atoms with Gasteiger partial charge in [-0.2, -0.15) is 0 Å². The fraction of sp³-hybridized carbons (Fsp3) is 0.333. The van der Waals surface area contributed by atoms with Gasteiger partial charge in [0.15, 0.2) is 17.2 Å². The average molecular weight is 649 g/mol. The Bertz CT molecular complexity index is 1560. The first kappa shape index (κ1) is 41.4. The minimum atomic E-state index is 0. The summed E-state index contributed by atoms with van der Waals surface area (Å²) in [5.41, 5.74) is 4.54. The van der Waals surface area contributed by atoms with Gasteiger partial charge in [-0.15, -0.1) is 0 Å². The minimum absolute atomic E-state index is 0. The lowest BCUT2D eigenvalue weighted by Crippen LogP contribution is -2.01. The molecule has 1 N–H and O–H groups in total. The zero-order valence-corrected chi connectivity index (χ0v) is 25.9. The van der Waals surface area contributed by atoms with E-state index in [9.17, 15) is 0 Å². The Morgan fingerprint density at radius 1 is 0.587 bits per heavy atom. The molecule has 0 aliphatic carbocycles. The van der Waals surface area contributed by atoms with Crippen molar-refractivity contribution in [1.82, 2.24) is 29.9 Å². The number of nitrogens with zero attached hydrogens (tertiary/aromatic N) is 6. The first-order valence-corrected chi connectivity index (χ1v) is 14.3. The highest BCUT2D eigenvalue weighted by Gasteiger charge is 2.04. The number of aromatic nitrogens is 6. The molecule has 0 amide bonds. The molecular weight excluding hydrogens is 600 g/mol. The monoisotopic (exact) mass is 648 g/mol. The minimum Gasteiger partial charge on any atom is -0.504 e. The molecule has 2 aromatic carbocycles. The summed E-state index contributed by atoms with van der Waals surface area (Å²) in [6.07, 6.45) is 6.43. The Labute approximate surface area is 280 Å². The van der Waals surface area contributed by atoms with Gasteiger partial charge < -0.3 is 14.6 Å². The van der Waals surface area contributed by atoms with Crippen molar-refractivity contribution in [2.75, 3.05) is 0 Å². The SMILES string of the molecule is C.C.C.CCc1ncc(O)c(C)n1.CCc1ncc(OCc2ccccc2)c(C)n1.Cc1nc(Cl)ncc1OCc1ccccc1. The summed E-state index contributed by atoms with van der Waals surface area (Å²) in [4.78, 5) is 24.4. The summed E-state index contributed by atoms with van der Waals surface area (Å²) in [6.45, 7) is 10.6. The molecular formula is C36H49ClN6O3. The number of hydrogen-bond acceptors (Lipinski definition) is 9. The second-order valence-corrected chi connectivity index (χ2v) is 9.68. The molecule has 46 heavy (non-hydrogen) atoms. The molecule has 0 fully saturated rings. The first-order chi connectivity index (χ1) is 20.8. The Kier molecular flexibility index (Phi) is 19.8. The van der Waals surface area contributed by atoms with Crippen LogP contribution in [0.2, 0.25) is 5.28 Å². The van der Waals surface area contributed by atoms with Gasteiger partial charge in [0.2, 0.25) is 5.28 Å². The van der Waals surface area contributed by atoms with E-state index in [4.69, 9.17) is 26.2 Å². The van der Waals surface area contributed by atoms with E-state index in [1.807, 2.05) is 88.4 Å². The van der Waals surface area contributed by atoms with Gasteiger partial charge in [0, 0.05) is 12.8 Å². The van der Waals surface area contributed by atoms with Gasteiger partial charge in [-0.3, -0.25) is 0 Å². The smallest absolute Gasteiger partial charge is 0.222 e. The molecule has 10 heteroatoms. The topological polar surface area (TPSA) is 116 Å². The zero-order valence-electron chi connectivity index (χ0n) is 25.2. The van der Waals surface area contributed by atoms with E-state index in [0.717, 1.165) is 52.8 Å². The van der Waals surface area contributed by atoms with Crippen LogP contribution in [0.4, 0.5) is 0 Å². The predicted octanol–water partition coefficient (Wildman–Crippen LogP) is 8.91. The summed E-state index contributed by atoms with van der Waals surface area (Å²) in [6, 6.07) is 20.0. The van der Waals surface area contributed by atoms with Crippen LogP contribution in [0.1, 0.15) is 76.0 Å². The van der Waals surface area contributed by atoms with E-state index in [2.05, 4.69) is 29.9 Å². The molecule has 0 bridgehead atoms. The van der Waals surface area contributed by atoms with E-state index in [-0.39, 0.29) is 33.3 Å². The van der Waals surface area contributed by atoms with Gasteiger partial charge >= 0.3 is 0 Å². The van der Waals surface area contributed by atoms with Crippen LogP contribution >= 0.6 is 11.6 Å². The Hall–Kier alpha value is -4.63. The quantitative estimate of drug-likeness (QED) is 0.165. The standard InChI is InChI=1S/C14H16N2O.C12H11ClN2O.C7H10N2O.3CH4/c1-3-14-15-9-13(11(2)16-14)17-10-12-7-5-4-6-8-12;1-9-11(7-14-12(13)15-9)16-8-10-5-3-2-4-6-10;1-3-7-8-4-6(10)5(2)9-7;;;/h4-9H,3,10H2,1-2H3;2-7H,8H2,1H3;4,10H,3H2,1-2H3;3*1H4. The van der Waals surface area contributed by atoms with E-state index in [0.29, 0.717) is 24.7 Å². The number of halogens is 1. The molecule has 0 aliphatic rings. The van der Waals surface area contributed by atoms with Crippen molar-refractivity contribution in [2.24, 2.45) is 0 Å². The van der Waals surface area contributed by atoms with Gasteiger partial charge in [0.25, 0.3) is 0 Å². The summed E-state index contributed by atoms with van der Waals surface area (Å²) >= 11 is 5.66. The Morgan fingerprint density at radius 2 is 1.00 bits per heavy atom. The molecule has 0 saturated carbocycles. The second kappa shape index (κ2) is 22.0. The Balaban J connectivity index is 0.000000659. The number of ether oxygens (including phenoxy) is 2. The summed E-state index contributed by atoms with van der Waals surface area (Å²) in [5, 5.41) is 9.25. The third-order valence-corrected chi connectivity index (χ3v) is 6.18. The molecule has 9 nitrogen and oxygen atoms in total. The van der Waals surface area contributed by atoms with Crippen molar-refractivity contribution < 1.29 is 14.6 Å². The summed E-state index contributed by atoms with van der Waals surface area (Å²) < 4.78 is 11.3. The van der Waals surface area contributed by atoms with E-state index in [1.54, 1.807) is 19.3 Å². The molecule has 248 valence electrons. The highest BCUT2D eigenvalue weighted by Crippen LogP contribution is 2.18. The lowest BCUT2D eigenvalue weighted by molar-refractivity contribution is 0.300. The normalized spacial score (nSPS) is 9.43. The Morgan fingerprint density at radius 3 is 1.41 bits per heavy atom. The second-order valence-electron chi connectivity index (χ2n) is 9.34. The van der Waals surface area contributed by atoms with Crippen molar-refractivity contribution in [3.63, 3.8) is 0 Å². The van der Waals surface area contributed by atoms with Gasteiger partial charge in [-0.1, -0.05) is 96.8 Å². The van der Waals surface area contributed by atoms with Crippen LogP contribution in [0.3, 0.4) is 0 Å². The van der Waals surface area contributed by atoms with Crippen LogP contribution in [0.5, 0.6) is 17.2 Å². The van der Waals surface area contributed by atoms with Crippen LogP contribution in [-0.2, 0) is 26.1 Å². The fourth-order valence-electron chi connectivity index (χ4n) is 3.54. The van der Waals surface area contributed by atoms with Crippen LogP contribution < -0.4 is 9.47 Å². The molecule has 3 aromatic heterocycles. The molecule has 3 heterocycles. The average Bonchev–Trinajstić information content (AvgIpc) is 3.03. The van der Waals surface area contributed by atoms with Gasteiger partial charge in [0.1, 0.15) is 24.9 Å². The molecule has 5 rings (SSSR count). The number of benzene rings is 2. The number of aromatic hydroxyl groups is 1. The van der Waals surface area contributed by atoms with Crippen molar-refractivity contribution in [3.8, 4) is 17.2 Å². The third kappa shape index (κ3) is 14.0. The molecule has 0 atom stereocenters. The van der Waals surface area contributed by atoms with Crippen molar-refractivity contribution in [1.29, 1.82) is 0 Å². The molecule has 0 spiro atoms. The summed E-state index contributed by atoms with van der Waals surface area (Å²) in [5.74, 6) is 3.21. The van der Waals surface area contributed by atoms with Crippen molar-refractivity contribution in [2.45, 2.75) is 83.0 Å². The largest absolute Gasteiger partial charge is 0.504 e. The first-order valence-electron chi connectivity index (χ1n) is 14.0. The van der Waals surface area contributed by atoms with Gasteiger partial charge in [-0.05, 0) is 43.5 Å². The highest BCUT2D eigenvalue weighted by atomic mass is 35.5. The van der Waals surface area contributed by atoms with Crippen LogP contribution in [0, 0.1) is 20.8 Å². The number of rotatable bonds is 8. The van der Waals surface area contributed by atoms with E-state index in [1.165, 1.54) is 6.20 Å². The highest BCUT2D eigenvalue weighted by molar-refractivity contribution is 6.28. The van der Waals surface area contributed by atoms with Crippen LogP contribution in [0.25, 0.3) is 0 Å². The maximum absolute atomic E-state index is 9.01. The maximum Gasteiger partial charge on any atom is 0.222 e. The lowest BCUT2D eigenvalue weighted by Gasteiger charge is -2.08. The lowest BCUT2D eigenvalue weighted by atomic mass is 10.2. The van der Waals surface area contributed by atoms with Gasteiger partial charge in [0.05, 0.1) is 35.7 Å². The van der Waals surface area contributed by atoms with Crippen molar-refractivity contribution >= 4 is 11.6 Å². The predicted molar refractivity (Wildman–Crippen MR) is 187 cm³/mol. The fourth-order valence-corrected chi connectivity index (χ4v) is 3.71. The van der Waals surface area contributed by atoms with Crippen LogP contribution in [0.15, 0.2) is 79.3 Å². The molecule has 0 unspecified atom stereocenters. The van der Waals surface area contributed by atoms with E-state index < -0.39 is 0 Å². The number of hydrogen-bond donors (Lipinski definition) is 1. The van der Waals surface area contributed by atoms with E-state index >= 15 is 0 Å². The van der Waals surface area contributed by atoms with Crippen LogP contribution in [-0.4, -0.2) is 35.0 Å². The van der Waals surface area contributed by atoms with Gasteiger partial charge in [-0.25, -0.2) is 29.9 Å².